The number of carbonyl (C=O) groups is 2. The smallest absolute Gasteiger partial charge is 0.338 e. The molecule has 0 bridgehead atoms. The molecule has 1 N–H and O–H groups in total. The zero-order chi connectivity index (χ0) is 20.8. The molecule has 0 spiro atoms. The van der Waals surface area contributed by atoms with Gasteiger partial charge in [-0.2, -0.15) is 4.72 Å². The number of carbonyl (C=O) groups excluding carboxylic acids is 2. The van der Waals surface area contributed by atoms with E-state index in [0.717, 1.165) is 0 Å². The highest BCUT2D eigenvalue weighted by Gasteiger charge is 2.28. The van der Waals surface area contributed by atoms with Crippen molar-refractivity contribution in [2.45, 2.75) is 57.7 Å². The standard InChI is InChI=1S/C19H26N2O5S/c1-7-11-20-27(24,25)17-10-8-9-16(12-17)19(23)26-15(6)18(22)21(13(2)3)14(4)5/h1,8-10,12-15,20H,11H2,2-6H3/t15-/m0/s1. The van der Waals surface area contributed by atoms with Gasteiger partial charge in [-0.05, 0) is 52.8 Å². The summed E-state index contributed by atoms with van der Waals surface area (Å²) >= 11 is 0. The molecule has 1 atom stereocenters. The Labute approximate surface area is 161 Å². The molecular weight excluding hydrogens is 368 g/mol. The van der Waals surface area contributed by atoms with Gasteiger partial charge in [-0.15, -0.1) is 6.42 Å². The Morgan fingerprint density at radius 3 is 2.30 bits per heavy atom. The van der Waals surface area contributed by atoms with Gasteiger partial charge in [0.2, 0.25) is 10.0 Å². The fraction of sp³-hybridized carbons (Fsp3) is 0.474. The van der Waals surface area contributed by atoms with Crippen molar-refractivity contribution in [3.8, 4) is 12.3 Å². The van der Waals surface area contributed by atoms with Crippen LogP contribution in [0.3, 0.4) is 0 Å². The number of hydrogen-bond donors (Lipinski definition) is 1. The number of nitrogens with one attached hydrogen (secondary N) is 1. The van der Waals surface area contributed by atoms with E-state index in [9.17, 15) is 18.0 Å². The van der Waals surface area contributed by atoms with Gasteiger partial charge in [0.25, 0.3) is 5.91 Å². The normalized spacial score (nSPS) is 12.5. The maximum atomic E-state index is 12.6. The average molecular weight is 394 g/mol. The van der Waals surface area contributed by atoms with Crippen molar-refractivity contribution in [2.75, 3.05) is 6.54 Å². The largest absolute Gasteiger partial charge is 0.449 e. The SMILES string of the molecule is C#CCNS(=O)(=O)c1cccc(C(=O)O[C@@H](C)C(=O)N(C(C)C)C(C)C)c1. The second-order valence-corrected chi connectivity index (χ2v) is 8.30. The fourth-order valence-corrected chi connectivity index (χ4v) is 3.58. The first-order valence-electron chi connectivity index (χ1n) is 8.57. The average Bonchev–Trinajstić information content (AvgIpc) is 2.59. The van der Waals surface area contributed by atoms with Gasteiger partial charge in [0.15, 0.2) is 6.10 Å². The Morgan fingerprint density at radius 1 is 1.19 bits per heavy atom. The maximum absolute atomic E-state index is 12.6. The number of nitrogens with zero attached hydrogens (tertiary/aromatic N) is 1. The van der Waals surface area contributed by atoms with Crippen LogP contribution in [-0.2, 0) is 19.6 Å². The number of hydrogen-bond acceptors (Lipinski definition) is 5. The van der Waals surface area contributed by atoms with Gasteiger partial charge in [0.1, 0.15) is 0 Å². The topological polar surface area (TPSA) is 92.8 Å². The molecule has 1 aromatic carbocycles. The molecule has 1 rings (SSSR count). The van der Waals surface area contributed by atoms with Crippen molar-refractivity contribution in [1.29, 1.82) is 0 Å². The van der Waals surface area contributed by atoms with Crippen LogP contribution in [0.5, 0.6) is 0 Å². The Hall–Kier alpha value is -2.37. The maximum Gasteiger partial charge on any atom is 0.338 e. The molecule has 1 amide bonds. The summed E-state index contributed by atoms with van der Waals surface area (Å²) in [6.45, 7) is 8.84. The van der Waals surface area contributed by atoms with Gasteiger partial charge in [-0.3, -0.25) is 4.79 Å². The zero-order valence-corrected chi connectivity index (χ0v) is 17.0. The molecule has 27 heavy (non-hydrogen) atoms. The lowest BCUT2D eigenvalue weighted by Gasteiger charge is -2.32. The number of terminal acetylenes is 1. The molecule has 0 saturated carbocycles. The van der Waals surface area contributed by atoms with E-state index in [1.54, 1.807) is 4.90 Å². The molecule has 0 fully saturated rings. The third-order valence-electron chi connectivity index (χ3n) is 3.74. The van der Waals surface area contributed by atoms with Gasteiger partial charge in [0, 0.05) is 12.1 Å². The second-order valence-electron chi connectivity index (χ2n) is 6.54. The summed E-state index contributed by atoms with van der Waals surface area (Å²) in [6, 6.07) is 5.26. The van der Waals surface area contributed by atoms with Crippen molar-refractivity contribution in [3.63, 3.8) is 0 Å². The quantitative estimate of drug-likeness (QED) is 0.536. The first-order valence-corrected chi connectivity index (χ1v) is 10.1. The first-order chi connectivity index (χ1) is 12.5. The second kappa shape index (κ2) is 9.53. The van der Waals surface area contributed by atoms with Crippen LogP contribution in [0.2, 0.25) is 0 Å². The van der Waals surface area contributed by atoms with Crippen LogP contribution in [0.25, 0.3) is 0 Å². The summed E-state index contributed by atoms with van der Waals surface area (Å²) in [7, 11) is -3.83. The highest BCUT2D eigenvalue weighted by atomic mass is 32.2. The van der Waals surface area contributed by atoms with Gasteiger partial charge < -0.3 is 9.64 Å². The van der Waals surface area contributed by atoms with Crippen LogP contribution in [0.15, 0.2) is 29.2 Å². The van der Waals surface area contributed by atoms with Crippen molar-refractivity contribution in [1.82, 2.24) is 9.62 Å². The number of rotatable bonds is 8. The van der Waals surface area contributed by atoms with Crippen molar-refractivity contribution in [3.05, 3.63) is 29.8 Å². The monoisotopic (exact) mass is 394 g/mol. The van der Waals surface area contributed by atoms with Gasteiger partial charge in [-0.1, -0.05) is 12.0 Å². The first kappa shape index (κ1) is 22.7. The van der Waals surface area contributed by atoms with E-state index in [4.69, 9.17) is 11.2 Å². The van der Waals surface area contributed by atoms with Crippen LogP contribution in [0.4, 0.5) is 0 Å². The minimum Gasteiger partial charge on any atom is -0.449 e. The fourth-order valence-electron chi connectivity index (χ4n) is 2.60. The molecule has 0 radical (unpaired) electrons. The molecule has 148 valence electrons. The van der Waals surface area contributed by atoms with Crippen LogP contribution in [0, 0.1) is 12.3 Å². The lowest BCUT2D eigenvalue weighted by molar-refractivity contribution is -0.143. The van der Waals surface area contributed by atoms with Crippen molar-refractivity contribution in [2.24, 2.45) is 0 Å². The van der Waals surface area contributed by atoms with E-state index in [0.29, 0.717) is 0 Å². The van der Waals surface area contributed by atoms with E-state index in [1.807, 2.05) is 27.7 Å². The highest BCUT2D eigenvalue weighted by molar-refractivity contribution is 7.89. The molecule has 0 aliphatic heterocycles. The van der Waals surface area contributed by atoms with Gasteiger partial charge >= 0.3 is 5.97 Å². The number of esters is 1. The lowest BCUT2D eigenvalue weighted by atomic mass is 10.2. The Morgan fingerprint density at radius 2 is 1.78 bits per heavy atom. The molecule has 0 saturated heterocycles. The van der Waals surface area contributed by atoms with Gasteiger partial charge in [-0.25, -0.2) is 13.2 Å². The molecule has 1 aromatic rings. The summed E-state index contributed by atoms with van der Waals surface area (Å²) < 4.78 is 31.7. The predicted octanol–water partition coefficient (Wildman–Crippen LogP) is 1.79. The summed E-state index contributed by atoms with van der Waals surface area (Å²) in [5.74, 6) is 1.08. The molecule has 8 heteroatoms. The highest BCUT2D eigenvalue weighted by Crippen LogP contribution is 2.15. The molecule has 7 nitrogen and oxygen atoms in total. The third-order valence-corrected chi connectivity index (χ3v) is 5.14. The number of benzene rings is 1. The molecule has 0 aliphatic carbocycles. The Kier molecular flexibility index (Phi) is 8.00. The number of ether oxygens (including phenoxy) is 1. The van der Waals surface area contributed by atoms with Crippen LogP contribution < -0.4 is 4.72 Å². The van der Waals surface area contributed by atoms with Crippen LogP contribution in [0.1, 0.15) is 45.0 Å². The van der Waals surface area contributed by atoms with E-state index >= 15 is 0 Å². The summed E-state index contributed by atoms with van der Waals surface area (Å²) in [6.07, 6.45) is 4.06. The van der Waals surface area contributed by atoms with E-state index in [1.165, 1.54) is 31.2 Å². The van der Waals surface area contributed by atoms with E-state index in [2.05, 4.69) is 10.6 Å². The number of sulfonamides is 1. The predicted molar refractivity (Wildman–Crippen MR) is 102 cm³/mol. The summed E-state index contributed by atoms with van der Waals surface area (Å²) in [5, 5.41) is 0. The number of amides is 1. The van der Waals surface area contributed by atoms with Crippen LogP contribution >= 0.6 is 0 Å². The summed E-state index contributed by atoms with van der Waals surface area (Å²) in [4.78, 5) is 26.4. The molecule has 0 aromatic heterocycles. The minimum absolute atomic E-state index is 0.0267. The third kappa shape index (κ3) is 6.08. The van der Waals surface area contributed by atoms with E-state index in [-0.39, 0.29) is 35.0 Å². The lowest BCUT2D eigenvalue weighted by Crippen LogP contribution is -2.47. The van der Waals surface area contributed by atoms with Crippen molar-refractivity contribution >= 4 is 21.9 Å². The van der Waals surface area contributed by atoms with Crippen LogP contribution in [-0.4, -0.2) is 49.9 Å². The van der Waals surface area contributed by atoms with E-state index < -0.39 is 22.1 Å². The molecule has 0 aliphatic rings. The summed E-state index contributed by atoms with van der Waals surface area (Å²) in [5.41, 5.74) is 0.0267. The Balaban J connectivity index is 2.96. The molecular formula is C19H26N2O5S. The Bertz CT molecular complexity index is 817. The molecule has 0 heterocycles. The minimum atomic E-state index is -3.83. The van der Waals surface area contributed by atoms with Gasteiger partial charge in [0.05, 0.1) is 17.0 Å². The van der Waals surface area contributed by atoms with Crippen molar-refractivity contribution < 1.29 is 22.7 Å². The zero-order valence-electron chi connectivity index (χ0n) is 16.2. The molecule has 0 unspecified atom stereocenters.